The van der Waals surface area contributed by atoms with Crippen LogP contribution in [0, 0.1) is 0 Å². The molecule has 3 aromatic rings. The quantitative estimate of drug-likeness (QED) is 0.588. The van der Waals surface area contributed by atoms with Crippen molar-refractivity contribution in [2.45, 2.75) is 25.8 Å². The normalized spacial score (nSPS) is 15.6. The molecule has 0 radical (unpaired) electrons. The Morgan fingerprint density at radius 1 is 1.24 bits per heavy atom. The van der Waals surface area contributed by atoms with E-state index in [0.29, 0.717) is 12.2 Å². The Labute approximate surface area is 170 Å². The van der Waals surface area contributed by atoms with Crippen LogP contribution in [0.1, 0.15) is 40.0 Å². The Balaban J connectivity index is 1.57. The molecule has 3 N–H and O–H groups in total. The lowest BCUT2D eigenvalue weighted by molar-refractivity contribution is 0.0697. The summed E-state index contributed by atoms with van der Waals surface area (Å²) >= 11 is 0. The minimum Gasteiger partial charge on any atom is -0.478 e. The number of pyridine rings is 1. The number of hydrogen-bond donors (Lipinski definition) is 3. The average molecular weight is 387 g/mol. The largest absolute Gasteiger partial charge is 0.478 e. The van der Waals surface area contributed by atoms with Gasteiger partial charge in [0.05, 0.1) is 17.4 Å². The number of anilines is 1. The fourth-order valence-corrected chi connectivity index (χ4v) is 4.05. The third-order valence-corrected chi connectivity index (χ3v) is 5.56. The maximum Gasteiger partial charge on any atom is 0.337 e. The summed E-state index contributed by atoms with van der Waals surface area (Å²) in [6.45, 7) is 3.69. The number of aryl methyl sites for hydroxylation is 1. The Bertz CT molecular complexity index is 1030. The number of carboxylic acid groups (broad SMARTS) is 1. The number of hydrogen-bond acceptors (Lipinski definition) is 4. The van der Waals surface area contributed by atoms with Crippen LogP contribution in [0.4, 0.5) is 5.69 Å². The van der Waals surface area contributed by atoms with Crippen molar-refractivity contribution in [3.05, 3.63) is 83.2 Å². The van der Waals surface area contributed by atoms with Crippen molar-refractivity contribution in [2.24, 2.45) is 0 Å². The van der Waals surface area contributed by atoms with Crippen molar-refractivity contribution in [1.29, 1.82) is 0 Å². The number of fused-ring (bicyclic) bond motifs is 1. The topological polar surface area (TPSA) is 74.2 Å². The van der Waals surface area contributed by atoms with Gasteiger partial charge in [-0.1, -0.05) is 49.4 Å². The zero-order valence-corrected chi connectivity index (χ0v) is 16.5. The molecule has 148 valence electrons. The van der Waals surface area contributed by atoms with E-state index in [4.69, 9.17) is 0 Å². The second kappa shape index (κ2) is 8.45. The second-order valence-electron chi connectivity index (χ2n) is 7.29. The van der Waals surface area contributed by atoms with Crippen LogP contribution < -0.4 is 10.6 Å². The van der Waals surface area contributed by atoms with Gasteiger partial charge in [-0.25, -0.2) is 4.79 Å². The van der Waals surface area contributed by atoms with Crippen molar-refractivity contribution in [3.63, 3.8) is 0 Å². The van der Waals surface area contributed by atoms with Crippen molar-refractivity contribution < 1.29 is 9.90 Å². The number of nitrogens with one attached hydrogen (secondary N) is 2. The predicted molar refractivity (Wildman–Crippen MR) is 115 cm³/mol. The number of aromatic nitrogens is 1. The molecule has 0 spiro atoms. The standard InChI is InChI=1S/C24H25N3O2/c1-2-16-5-3-4-6-19(16)17-7-8-20-18(13-17)9-12-26-23(20)15-27-22-14-25-11-10-21(22)24(28)29/h3-8,10-11,13-14,23,26-27H,2,9,12,15H2,1H3,(H,28,29)/t23-/m0/s1. The molecule has 5 heteroatoms. The summed E-state index contributed by atoms with van der Waals surface area (Å²) in [4.78, 5) is 15.5. The number of aromatic carboxylic acids is 1. The van der Waals surface area contributed by atoms with E-state index < -0.39 is 5.97 Å². The molecule has 1 aromatic heterocycles. The maximum absolute atomic E-state index is 11.4. The highest BCUT2D eigenvalue weighted by Gasteiger charge is 2.21. The van der Waals surface area contributed by atoms with E-state index in [1.807, 2.05) is 0 Å². The molecule has 0 saturated heterocycles. The fourth-order valence-electron chi connectivity index (χ4n) is 4.05. The van der Waals surface area contributed by atoms with Crippen LogP contribution in [-0.4, -0.2) is 29.1 Å². The summed E-state index contributed by atoms with van der Waals surface area (Å²) in [6, 6.07) is 16.9. The molecule has 4 rings (SSSR count). The highest BCUT2D eigenvalue weighted by molar-refractivity contribution is 5.93. The van der Waals surface area contributed by atoms with Gasteiger partial charge in [0, 0.05) is 18.8 Å². The Hall–Kier alpha value is -3.18. The van der Waals surface area contributed by atoms with Gasteiger partial charge in [0.2, 0.25) is 0 Å². The fraction of sp³-hybridized carbons (Fsp3) is 0.250. The molecule has 2 aromatic carbocycles. The number of carboxylic acids is 1. The van der Waals surface area contributed by atoms with Crippen LogP contribution in [0.3, 0.4) is 0 Å². The lowest BCUT2D eigenvalue weighted by Crippen LogP contribution is -2.34. The van der Waals surface area contributed by atoms with E-state index in [-0.39, 0.29) is 11.6 Å². The van der Waals surface area contributed by atoms with Crippen LogP contribution >= 0.6 is 0 Å². The zero-order valence-electron chi connectivity index (χ0n) is 16.5. The summed E-state index contributed by atoms with van der Waals surface area (Å²) in [5.41, 5.74) is 7.32. The summed E-state index contributed by atoms with van der Waals surface area (Å²) in [5.74, 6) is -0.953. The monoisotopic (exact) mass is 387 g/mol. The summed E-state index contributed by atoms with van der Waals surface area (Å²) < 4.78 is 0. The van der Waals surface area contributed by atoms with E-state index in [0.717, 1.165) is 19.4 Å². The highest BCUT2D eigenvalue weighted by Crippen LogP contribution is 2.31. The van der Waals surface area contributed by atoms with E-state index in [1.165, 1.54) is 40.1 Å². The van der Waals surface area contributed by atoms with Gasteiger partial charge in [0.15, 0.2) is 0 Å². The zero-order chi connectivity index (χ0) is 20.2. The van der Waals surface area contributed by atoms with Gasteiger partial charge in [0.1, 0.15) is 0 Å². The summed E-state index contributed by atoms with van der Waals surface area (Å²) in [6.07, 6.45) is 5.07. The Kier molecular flexibility index (Phi) is 5.58. The van der Waals surface area contributed by atoms with Crippen LogP contribution in [0.2, 0.25) is 0 Å². The highest BCUT2D eigenvalue weighted by atomic mass is 16.4. The van der Waals surface area contributed by atoms with Crippen LogP contribution in [0.25, 0.3) is 11.1 Å². The number of rotatable bonds is 6. The van der Waals surface area contributed by atoms with Gasteiger partial charge in [-0.05, 0) is 53.3 Å². The Morgan fingerprint density at radius 2 is 2.10 bits per heavy atom. The van der Waals surface area contributed by atoms with E-state index in [2.05, 4.69) is 65.0 Å². The van der Waals surface area contributed by atoms with E-state index in [1.54, 1.807) is 6.20 Å². The second-order valence-corrected chi connectivity index (χ2v) is 7.29. The molecule has 1 aliphatic heterocycles. The first-order chi connectivity index (χ1) is 14.2. The molecule has 0 aliphatic carbocycles. The van der Waals surface area contributed by atoms with Crippen LogP contribution in [0.5, 0.6) is 0 Å². The SMILES string of the molecule is CCc1ccccc1-c1ccc2c(c1)CCN[C@H]2CNc1cnccc1C(=O)O. The first kappa shape index (κ1) is 19.2. The molecule has 5 nitrogen and oxygen atoms in total. The lowest BCUT2D eigenvalue weighted by atomic mass is 9.89. The van der Waals surface area contributed by atoms with Gasteiger partial charge < -0.3 is 15.7 Å². The first-order valence-electron chi connectivity index (χ1n) is 10.0. The lowest BCUT2D eigenvalue weighted by Gasteiger charge is -2.28. The molecule has 29 heavy (non-hydrogen) atoms. The third kappa shape index (κ3) is 4.00. The molecule has 0 bridgehead atoms. The number of carbonyl (C=O) groups is 1. The first-order valence-corrected chi connectivity index (χ1v) is 10.0. The minimum absolute atomic E-state index is 0.121. The third-order valence-electron chi connectivity index (χ3n) is 5.56. The van der Waals surface area contributed by atoms with Crippen LogP contribution in [0.15, 0.2) is 60.9 Å². The van der Waals surface area contributed by atoms with Crippen molar-refractivity contribution in [1.82, 2.24) is 10.3 Å². The van der Waals surface area contributed by atoms with Gasteiger partial charge >= 0.3 is 5.97 Å². The van der Waals surface area contributed by atoms with Crippen molar-refractivity contribution >= 4 is 11.7 Å². The molecule has 0 unspecified atom stereocenters. The summed E-state index contributed by atoms with van der Waals surface area (Å²) in [5, 5.41) is 16.2. The molecule has 0 saturated carbocycles. The predicted octanol–water partition coefficient (Wildman–Crippen LogP) is 4.31. The Morgan fingerprint density at radius 3 is 2.93 bits per heavy atom. The average Bonchev–Trinajstić information content (AvgIpc) is 2.77. The van der Waals surface area contributed by atoms with Gasteiger partial charge in [-0.2, -0.15) is 0 Å². The van der Waals surface area contributed by atoms with Crippen LogP contribution in [-0.2, 0) is 12.8 Å². The van der Waals surface area contributed by atoms with Gasteiger partial charge in [-0.3, -0.25) is 4.98 Å². The molecule has 2 heterocycles. The number of benzene rings is 2. The van der Waals surface area contributed by atoms with E-state index in [9.17, 15) is 9.90 Å². The minimum atomic E-state index is -0.953. The van der Waals surface area contributed by atoms with Gasteiger partial charge in [0.25, 0.3) is 0 Å². The smallest absolute Gasteiger partial charge is 0.337 e. The van der Waals surface area contributed by atoms with Gasteiger partial charge in [-0.15, -0.1) is 0 Å². The molecular formula is C24H25N3O2. The van der Waals surface area contributed by atoms with Crippen molar-refractivity contribution in [2.75, 3.05) is 18.4 Å². The maximum atomic E-state index is 11.4. The molecule has 0 amide bonds. The molecule has 1 aliphatic rings. The molecule has 0 fully saturated rings. The van der Waals surface area contributed by atoms with E-state index >= 15 is 0 Å². The molecule has 1 atom stereocenters. The summed E-state index contributed by atoms with van der Waals surface area (Å²) in [7, 11) is 0. The molecular weight excluding hydrogens is 362 g/mol. The number of nitrogens with zero attached hydrogens (tertiary/aromatic N) is 1. The van der Waals surface area contributed by atoms with Crippen molar-refractivity contribution in [3.8, 4) is 11.1 Å².